The van der Waals surface area contributed by atoms with E-state index in [0.717, 1.165) is 5.56 Å². The Morgan fingerprint density at radius 2 is 1.89 bits per heavy atom. The standard InChI is InChI=1S/C15H15FN2O/c1-11-5-7-18(8-6-11)10-15(19)17-13-4-3-12(2)14(16)9-13/h3-9H,10H2,1-2H3/p+1. The second-order valence-corrected chi connectivity index (χ2v) is 4.56. The van der Waals surface area contributed by atoms with Crippen molar-refractivity contribution in [3.63, 3.8) is 0 Å². The molecular weight excluding hydrogens is 243 g/mol. The lowest BCUT2D eigenvalue weighted by molar-refractivity contribution is -0.684. The van der Waals surface area contributed by atoms with Crippen molar-refractivity contribution in [2.75, 3.05) is 5.32 Å². The summed E-state index contributed by atoms with van der Waals surface area (Å²) in [6.45, 7) is 3.87. The van der Waals surface area contributed by atoms with Gasteiger partial charge in [0.1, 0.15) is 5.82 Å². The topological polar surface area (TPSA) is 33.0 Å². The van der Waals surface area contributed by atoms with Gasteiger partial charge in [-0.25, -0.2) is 4.39 Å². The first-order chi connectivity index (χ1) is 9.04. The summed E-state index contributed by atoms with van der Waals surface area (Å²) in [7, 11) is 0. The minimum absolute atomic E-state index is 0.183. The number of anilines is 1. The van der Waals surface area contributed by atoms with Crippen molar-refractivity contribution < 1.29 is 13.8 Å². The van der Waals surface area contributed by atoms with Crippen molar-refractivity contribution in [3.8, 4) is 0 Å². The lowest BCUT2D eigenvalue weighted by atomic mass is 10.2. The van der Waals surface area contributed by atoms with Crippen molar-refractivity contribution in [3.05, 3.63) is 59.7 Å². The number of aryl methyl sites for hydroxylation is 2. The lowest BCUT2D eigenvalue weighted by Crippen LogP contribution is -2.39. The Labute approximate surface area is 111 Å². The highest BCUT2D eigenvalue weighted by atomic mass is 19.1. The third kappa shape index (κ3) is 3.61. The van der Waals surface area contributed by atoms with Crippen LogP contribution in [0.2, 0.25) is 0 Å². The highest BCUT2D eigenvalue weighted by Gasteiger charge is 2.10. The van der Waals surface area contributed by atoms with E-state index >= 15 is 0 Å². The smallest absolute Gasteiger partial charge is 0.290 e. The number of benzene rings is 1. The predicted molar refractivity (Wildman–Crippen MR) is 71.1 cm³/mol. The number of rotatable bonds is 3. The fourth-order valence-corrected chi connectivity index (χ4v) is 1.67. The van der Waals surface area contributed by atoms with Crippen LogP contribution >= 0.6 is 0 Å². The van der Waals surface area contributed by atoms with E-state index in [9.17, 15) is 9.18 Å². The number of halogens is 1. The van der Waals surface area contributed by atoms with Gasteiger partial charge in [0.05, 0.1) is 0 Å². The summed E-state index contributed by atoms with van der Waals surface area (Å²) in [5.41, 5.74) is 2.17. The molecule has 0 aliphatic heterocycles. The molecule has 0 bridgehead atoms. The van der Waals surface area contributed by atoms with Crippen LogP contribution in [0.15, 0.2) is 42.7 Å². The van der Waals surface area contributed by atoms with Crippen molar-refractivity contribution in [1.82, 2.24) is 0 Å². The molecule has 0 aliphatic rings. The second-order valence-electron chi connectivity index (χ2n) is 4.56. The minimum atomic E-state index is -0.319. The molecule has 0 saturated heterocycles. The van der Waals surface area contributed by atoms with Crippen molar-refractivity contribution in [2.24, 2.45) is 0 Å². The molecule has 1 heterocycles. The Kier molecular flexibility index (Phi) is 3.90. The number of aromatic nitrogens is 1. The van der Waals surface area contributed by atoms with Crippen LogP contribution in [0.25, 0.3) is 0 Å². The molecule has 1 N–H and O–H groups in total. The Hall–Kier alpha value is -2.23. The molecule has 0 spiro atoms. The fourth-order valence-electron chi connectivity index (χ4n) is 1.67. The van der Waals surface area contributed by atoms with Crippen LogP contribution in [0, 0.1) is 19.7 Å². The predicted octanol–water partition coefficient (Wildman–Crippen LogP) is 2.37. The molecule has 4 heteroatoms. The van der Waals surface area contributed by atoms with E-state index in [2.05, 4.69) is 5.32 Å². The zero-order valence-corrected chi connectivity index (χ0v) is 11.0. The normalized spacial score (nSPS) is 10.3. The van der Waals surface area contributed by atoms with E-state index in [1.165, 1.54) is 6.07 Å². The molecule has 0 fully saturated rings. The molecule has 1 aromatic heterocycles. The Morgan fingerprint density at radius 1 is 1.21 bits per heavy atom. The molecule has 3 nitrogen and oxygen atoms in total. The first-order valence-corrected chi connectivity index (χ1v) is 6.06. The molecule has 0 saturated carbocycles. The van der Waals surface area contributed by atoms with Crippen LogP contribution in [0.3, 0.4) is 0 Å². The maximum atomic E-state index is 13.3. The van der Waals surface area contributed by atoms with Gasteiger partial charge in [0.25, 0.3) is 5.91 Å². The van der Waals surface area contributed by atoms with Gasteiger partial charge in [0, 0.05) is 17.8 Å². The molecule has 98 valence electrons. The zero-order valence-electron chi connectivity index (χ0n) is 11.0. The average molecular weight is 259 g/mol. The van der Waals surface area contributed by atoms with E-state index in [4.69, 9.17) is 0 Å². The molecule has 1 amide bonds. The van der Waals surface area contributed by atoms with Crippen LogP contribution < -0.4 is 9.88 Å². The molecule has 0 unspecified atom stereocenters. The van der Waals surface area contributed by atoms with Gasteiger partial charge in [-0.05, 0) is 37.1 Å². The number of hydrogen-bond donors (Lipinski definition) is 1. The molecule has 0 radical (unpaired) electrons. The summed E-state index contributed by atoms with van der Waals surface area (Å²) in [6, 6.07) is 8.52. The summed E-state index contributed by atoms with van der Waals surface area (Å²) < 4.78 is 15.1. The van der Waals surface area contributed by atoms with Crippen molar-refractivity contribution >= 4 is 11.6 Å². The third-order valence-electron chi connectivity index (χ3n) is 2.84. The second kappa shape index (κ2) is 5.61. The van der Waals surface area contributed by atoms with Crippen LogP contribution in [-0.2, 0) is 11.3 Å². The Balaban J connectivity index is 2.01. The highest BCUT2D eigenvalue weighted by molar-refractivity contribution is 5.89. The first kappa shape index (κ1) is 13.2. The number of carbonyl (C=O) groups excluding carboxylic acids is 1. The number of nitrogens with zero attached hydrogens (tertiary/aromatic N) is 1. The van der Waals surface area contributed by atoms with E-state index in [1.807, 2.05) is 31.5 Å². The Morgan fingerprint density at radius 3 is 2.53 bits per heavy atom. The van der Waals surface area contributed by atoms with Crippen LogP contribution in [0.4, 0.5) is 10.1 Å². The monoisotopic (exact) mass is 259 g/mol. The Bertz CT molecular complexity index is 594. The number of pyridine rings is 1. The average Bonchev–Trinajstić information content (AvgIpc) is 2.37. The zero-order chi connectivity index (χ0) is 13.8. The molecule has 1 aromatic carbocycles. The van der Waals surface area contributed by atoms with Gasteiger partial charge in [-0.15, -0.1) is 0 Å². The maximum Gasteiger partial charge on any atom is 0.290 e. The van der Waals surface area contributed by atoms with E-state index in [1.54, 1.807) is 23.6 Å². The highest BCUT2D eigenvalue weighted by Crippen LogP contribution is 2.13. The van der Waals surface area contributed by atoms with Gasteiger partial charge in [0.15, 0.2) is 12.4 Å². The summed E-state index contributed by atoms with van der Waals surface area (Å²) in [6.07, 6.45) is 3.68. The fraction of sp³-hybridized carbons (Fsp3) is 0.200. The SMILES string of the molecule is Cc1cc[n+](CC(=O)Nc2ccc(C)c(F)c2)cc1. The molecular formula is C15H16FN2O+. The van der Waals surface area contributed by atoms with Gasteiger partial charge in [-0.1, -0.05) is 6.07 Å². The minimum Gasteiger partial charge on any atom is -0.320 e. The number of hydrogen-bond acceptors (Lipinski definition) is 1. The quantitative estimate of drug-likeness (QED) is 0.843. The van der Waals surface area contributed by atoms with Crippen LogP contribution in [0.1, 0.15) is 11.1 Å². The van der Waals surface area contributed by atoms with Crippen molar-refractivity contribution in [1.29, 1.82) is 0 Å². The van der Waals surface area contributed by atoms with Gasteiger partial charge in [-0.2, -0.15) is 4.57 Å². The van der Waals surface area contributed by atoms with E-state index in [-0.39, 0.29) is 18.3 Å². The summed E-state index contributed by atoms with van der Waals surface area (Å²) in [4.78, 5) is 11.8. The van der Waals surface area contributed by atoms with Crippen molar-refractivity contribution in [2.45, 2.75) is 20.4 Å². The van der Waals surface area contributed by atoms with Gasteiger partial charge in [-0.3, -0.25) is 4.79 Å². The van der Waals surface area contributed by atoms with E-state index in [0.29, 0.717) is 11.3 Å². The molecule has 2 rings (SSSR count). The number of amides is 1. The third-order valence-corrected chi connectivity index (χ3v) is 2.84. The van der Waals surface area contributed by atoms with Gasteiger partial charge < -0.3 is 5.32 Å². The maximum absolute atomic E-state index is 13.3. The summed E-state index contributed by atoms with van der Waals surface area (Å²) in [5, 5.41) is 2.67. The van der Waals surface area contributed by atoms with Gasteiger partial charge in [0.2, 0.25) is 6.54 Å². The largest absolute Gasteiger partial charge is 0.320 e. The van der Waals surface area contributed by atoms with Crippen LogP contribution in [0.5, 0.6) is 0 Å². The molecule has 19 heavy (non-hydrogen) atoms. The molecule has 0 atom stereocenters. The molecule has 0 aliphatic carbocycles. The lowest BCUT2D eigenvalue weighted by Gasteiger charge is -2.04. The number of nitrogens with one attached hydrogen (secondary N) is 1. The molecule has 2 aromatic rings. The van der Waals surface area contributed by atoms with Gasteiger partial charge >= 0.3 is 0 Å². The first-order valence-electron chi connectivity index (χ1n) is 6.06. The number of carbonyl (C=O) groups is 1. The summed E-state index contributed by atoms with van der Waals surface area (Å²) >= 11 is 0. The summed E-state index contributed by atoms with van der Waals surface area (Å²) in [5.74, 6) is -0.502. The van der Waals surface area contributed by atoms with E-state index < -0.39 is 0 Å². The van der Waals surface area contributed by atoms with Crippen LogP contribution in [-0.4, -0.2) is 5.91 Å².